The lowest BCUT2D eigenvalue weighted by Gasteiger charge is -2.21. The average Bonchev–Trinajstić information content (AvgIpc) is 0.917. The lowest BCUT2D eigenvalue weighted by molar-refractivity contribution is -0.161. The number of aliphatic hydroxyl groups excluding tert-OH is 1. The van der Waals surface area contributed by atoms with Crippen LogP contribution >= 0.6 is 15.6 Å². The van der Waals surface area contributed by atoms with E-state index in [1.165, 1.54) is 109 Å². The summed E-state index contributed by atoms with van der Waals surface area (Å²) in [6.45, 7) is 4.72. The smallest absolute Gasteiger partial charge is 0.462 e. The lowest BCUT2D eigenvalue weighted by Crippen LogP contribution is -2.30. The fourth-order valence-electron chi connectivity index (χ4n) is 10.5. The number of aliphatic hydroxyl groups is 1. The van der Waals surface area contributed by atoms with Gasteiger partial charge in [-0.05, 0) is 141 Å². The van der Waals surface area contributed by atoms with E-state index in [4.69, 9.17) is 37.0 Å². The predicted molar refractivity (Wildman–Crippen MR) is 418 cm³/mol. The molecule has 0 aromatic rings. The molecule has 0 aromatic carbocycles. The van der Waals surface area contributed by atoms with Crippen molar-refractivity contribution in [2.75, 3.05) is 39.6 Å². The van der Waals surface area contributed by atoms with Gasteiger partial charge in [-0.15, -0.1) is 0 Å². The first-order valence-corrected chi connectivity index (χ1v) is 43.2. The lowest BCUT2D eigenvalue weighted by atomic mass is 10.1. The molecule has 0 saturated carbocycles. The Morgan fingerprint density at radius 3 is 0.873 bits per heavy atom. The zero-order valence-electron chi connectivity index (χ0n) is 64.3. The molecule has 0 fully saturated rings. The summed E-state index contributed by atoms with van der Waals surface area (Å²) in [5.74, 6) is -2.27. The van der Waals surface area contributed by atoms with E-state index in [0.29, 0.717) is 32.1 Å². The Morgan fingerprint density at radius 2 is 0.520 bits per heavy atom. The van der Waals surface area contributed by atoms with Crippen LogP contribution in [0.15, 0.2) is 109 Å². The van der Waals surface area contributed by atoms with Crippen LogP contribution in [0.4, 0.5) is 0 Å². The molecule has 0 saturated heterocycles. The molecule has 588 valence electrons. The summed E-state index contributed by atoms with van der Waals surface area (Å²) in [4.78, 5) is 73.0. The number of phosphoric acid groups is 2. The maximum absolute atomic E-state index is 13.1. The molecule has 0 heterocycles. The topological polar surface area (TPSA) is 237 Å². The van der Waals surface area contributed by atoms with Crippen molar-refractivity contribution in [2.45, 2.75) is 354 Å². The molecule has 0 rings (SSSR count). The zero-order valence-corrected chi connectivity index (χ0v) is 66.0. The minimum atomic E-state index is -5.00. The monoisotopic (exact) mass is 1470 g/mol. The van der Waals surface area contributed by atoms with Gasteiger partial charge >= 0.3 is 39.5 Å². The third kappa shape index (κ3) is 74.0. The maximum atomic E-state index is 13.1. The van der Waals surface area contributed by atoms with Crippen LogP contribution in [0.25, 0.3) is 0 Å². The quantitative estimate of drug-likeness (QED) is 0.0128. The largest absolute Gasteiger partial charge is 0.472 e. The fraction of sp³-hybridized carbons (Fsp3) is 0.735. The highest BCUT2D eigenvalue weighted by molar-refractivity contribution is 7.47. The van der Waals surface area contributed by atoms with E-state index in [-0.39, 0.29) is 25.7 Å². The second-order valence-electron chi connectivity index (χ2n) is 26.7. The maximum Gasteiger partial charge on any atom is 0.472 e. The fourth-order valence-corrected chi connectivity index (χ4v) is 12.1. The van der Waals surface area contributed by atoms with Gasteiger partial charge in [0.25, 0.3) is 0 Å². The van der Waals surface area contributed by atoms with Crippen LogP contribution in [0.2, 0.25) is 0 Å². The van der Waals surface area contributed by atoms with Crippen LogP contribution in [-0.4, -0.2) is 96.7 Å². The van der Waals surface area contributed by atoms with Gasteiger partial charge in [0.1, 0.15) is 19.3 Å². The van der Waals surface area contributed by atoms with Crippen LogP contribution in [0.3, 0.4) is 0 Å². The van der Waals surface area contributed by atoms with Crippen LogP contribution < -0.4 is 0 Å². The Kier molecular flexibility index (Phi) is 71.8. The zero-order chi connectivity index (χ0) is 74.6. The molecule has 0 spiro atoms. The van der Waals surface area contributed by atoms with Crippen molar-refractivity contribution in [3.8, 4) is 0 Å². The van der Waals surface area contributed by atoms with Gasteiger partial charge in [0.05, 0.1) is 26.4 Å². The second kappa shape index (κ2) is 75.0. The minimum absolute atomic E-state index is 0.0144. The predicted octanol–water partition coefficient (Wildman–Crippen LogP) is 23.3. The minimum Gasteiger partial charge on any atom is -0.462 e. The third-order valence-corrected chi connectivity index (χ3v) is 18.6. The first-order valence-electron chi connectivity index (χ1n) is 40.2. The van der Waals surface area contributed by atoms with Gasteiger partial charge in [-0.2, -0.15) is 0 Å². The highest BCUT2D eigenvalue weighted by atomic mass is 31.2. The number of carbonyl (C=O) groups excluding carboxylic acids is 4. The van der Waals surface area contributed by atoms with Crippen molar-refractivity contribution in [1.29, 1.82) is 0 Å². The normalized spacial score (nSPS) is 14.5. The highest BCUT2D eigenvalue weighted by Crippen LogP contribution is 2.45. The average molecular weight is 1480 g/mol. The number of rotatable bonds is 75. The Balaban J connectivity index is 5.44. The van der Waals surface area contributed by atoms with E-state index in [1.54, 1.807) is 0 Å². The highest BCUT2D eigenvalue weighted by Gasteiger charge is 2.30. The first kappa shape index (κ1) is 97.7. The number of hydrogen-bond acceptors (Lipinski definition) is 15. The number of esters is 4. The van der Waals surface area contributed by atoms with Crippen LogP contribution in [-0.2, 0) is 65.4 Å². The van der Waals surface area contributed by atoms with E-state index in [2.05, 4.69) is 125 Å². The van der Waals surface area contributed by atoms with Gasteiger partial charge in [0.2, 0.25) is 0 Å². The number of unbranched alkanes of at least 4 members (excludes halogenated alkanes) is 33. The van der Waals surface area contributed by atoms with E-state index < -0.39 is 97.5 Å². The van der Waals surface area contributed by atoms with Crippen molar-refractivity contribution in [2.24, 2.45) is 0 Å². The summed E-state index contributed by atoms with van der Waals surface area (Å²) in [6, 6.07) is 0. The summed E-state index contributed by atoms with van der Waals surface area (Å²) in [5, 5.41) is 10.6. The molecular formula is C83H144O17P2. The van der Waals surface area contributed by atoms with Crippen molar-refractivity contribution >= 4 is 39.5 Å². The molecule has 0 amide bonds. The molecule has 0 aliphatic heterocycles. The second-order valence-corrected chi connectivity index (χ2v) is 29.6. The van der Waals surface area contributed by atoms with Gasteiger partial charge in [-0.3, -0.25) is 37.3 Å². The van der Waals surface area contributed by atoms with Crippen LogP contribution in [0.5, 0.6) is 0 Å². The molecule has 0 bridgehead atoms. The van der Waals surface area contributed by atoms with Crippen LogP contribution in [0, 0.1) is 0 Å². The molecule has 5 atom stereocenters. The number of hydrogen-bond donors (Lipinski definition) is 3. The molecular weight excluding hydrogens is 1330 g/mol. The summed E-state index contributed by atoms with van der Waals surface area (Å²) in [7, 11) is -9.98. The molecule has 3 N–H and O–H groups in total. The number of ether oxygens (including phenoxy) is 4. The standard InChI is InChI=1S/C83H144O17P2/c1-5-9-13-17-21-25-29-33-37-38-42-46-50-54-58-62-66-70-83(88)100-79(74-94-81(86)68-64-60-56-52-48-44-40-35-31-27-23-19-15-11-7-3)76-98-102(91,92)96-72-77(84)71-95-101(89,90)97-75-78(99-82(87)69-65-61-57-53-49-45-41-36-32-28-24-20-16-12-8-4)73-93-80(85)67-63-59-55-51-47-43-39-34-30-26-22-18-14-10-6-2/h21,25-27,30-31,33-37,39-42,46,54,58,77-79,84H,5-20,22-24,28-29,32,38,43-45,47-53,55-57,59-76H2,1-4H3,(H,89,90)(H,91,92)/b25-21-,30-26-,31-27-,37-33-,39-34-,40-35-,41-36-,46-42-,58-54-/t77-,78-,79-/m1/s1. The molecule has 0 radical (unpaired) electrons. The molecule has 0 aromatic heterocycles. The van der Waals surface area contributed by atoms with Crippen LogP contribution in [0.1, 0.15) is 336 Å². The number of allylic oxidation sites excluding steroid dienone is 18. The molecule has 17 nitrogen and oxygen atoms in total. The third-order valence-electron chi connectivity index (χ3n) is 16.7. The van der Waals surface area contributed by atoms with Gasteiger partial charge in [0.15, 0.2) is 12.2 Å². The van der Waals surface area contributed by atoms with Crippen molar-refractivity contribution < 1.29 is 80.2 Å². The number of phosphoric ester groups is 2. The Morgan fingerprint density at radius 1 is 0.284 bits per heavy atom. The SMILES string of the molecule is CCCCC/C=C\C/C=C\C/C=C\C/C=C\CCCC(=O)O[C@H](COC(=O)CCCCCCC/C=C\C=C/CCCCCC)COP(=O)(O)OC[C@H](O)COP(=O)(O)OC[C@@H](COC(=O)CCCCCCC/C=C\C=C/CCCCCC)OC(=O)CCCCCCC/C=C\CCCCCCCC. The van der Waals surface area contributed by atoms with Gasteiger partial charge in [-0.25, -0.2) is 9.13 Å². The van der Waals surface area contributed by atoms with E-state index in [0.717, 1.165) is 141 Å². The van der Waals surface area contributed by atoms with Gasteiger partial charge < -0.3 is 33.8 Å². The van der Waals surface area contributed by atoms with Gasteiger partial charge in [0, 0.05) is 25.7 Å². The molecule has 19 heteroatoms. The van der Waals surface area contributed by atoms with Crippen molar-refractivity contribution in [3.63, 3.8) is 0 Å². The molecule has 0 aliphatic rings. The summed E-state index contributed by atoms with van der Waals surface area (Å²) in [6.07, 6.45) is 80.7. The summed E-state index contributed by atoms with van der Waals surface area (Å²) >= 11 is 0. The molecule has 2 unspecified atom stereocenters. The van der Waals surface area contributed by atoms with E-state index >= 15 is 0 Å². The summed E-state index contributed by atoms with van der Waals surface area (Å²) < 4.78 is 68.5. The van der Waals surface area contributed by atoms with Crippen molar-refractivity contribution in [1.82, 2.24) is 0 Å². The number of carbonyl (C=O) groups is 4. The summed E-state index contributed by atoms with van der Waals surface area (Å²) in [5.41, 5.74) is 0. The Labute approximate surface area is 619 Å². The van der Waals surface area contributed by atoms with Crippen molar-refractivity contribution in [3.05, 3.63) is 109 Å². The molecule has 102 heavy (non-hydrogen) atoms. The van der Waals surface area contributed by atoms with E-state index in [9.17, 15) is 43.2 Å². The van der Waals surface area contributed by atoms with Gasteiger partial charge in [-0.1, -0.05) is 278 Å². The Bertz CT molecular complexity index is 2360. The van der Waals surface area contributed by atoms with E-state index in [1.807, 2.05) is 12.2 Å². The Hall–Kier alpha value is -4.28. The first-order chi connectivity index (χ1) is 49.7. The molecule has 0 aliphatic carbocycles.